The van der Waals surface area contributed by atoms with Crippen molar-refractivity contribution in [2.75, 3.05) is 13.7 Å². The summed E-state index contributed by atoms with van der Waals surface area (Å²) in [4.78, 5) is 0. The minimum atomic E-state index is -0.395. The fourth-order valence-corrected chi connectivity index (χ4v) is 2.72. The first-order valence-electron chi connectivity index (χ1n) is 6.57. The molecule has 3 rings (SSSR count). The maximum absolute atomic E-state index is 13.6. The molecule has 1 heterocycles. The van der Waals surface area contributed by atoms with Crippen molar-refractivity contribution in [2.24, 2.45) is 0 Å². The molecular weight excluding hydrogens is 277 g/mol. The van der Waals surface area contributed by atoms with Crippen molar-refractivity contribution in [3.8, 4) is 5.75 Å². The second-order valence-corrected chi connectivity index (χ2v) is 5.27. The van der Waals surface area contributed by atoms with Crippen molar-refractivity contribution in [2.45, 2.75) is 12.5 Å². The lowest BCUT2D eigenvalue weighted by molar-refractivity contribution is 0.357. The Bertz CT molecular complexity index is 644. The predicted octanol–water partition coefficient (Wildman–Crippen LogP) is 3.72. The van der Waals surface area contributed by atoms with Gasteiger partial charge in [-0.3, -0.25) is 0 Å². The fourth-order valence-electron chi connectivity index (χ4n) is 2.60. The minimum Gasteiger partial charge on any atom is -0.493 e. The number of benzene rings is 2. The van der Waals surface area contributed by atoms with Crippen LogP contribution in [-0.2, 0) is 6.42 Å². The monoisotopic (exact) mass is 291 g/mol. The van der Waals surface area contributed by atoms with Gasteiger partial charge in [-0.15, -0.1) is 0 Å². The van der Waals surface area contributed by atoms with Gasteiger partial charge in [-0.2, -0.15) is 0 Å². The lowest BCUT2D eigenvalue weighted by atomic mass is 9.96. The van der Waals surface area contributed by atoms with Gasteiger partial charge in [0.25, 0.3) is 0 Å². The maximum atomic E-state index is 13.6. The van der Waals surface area contributed by atoms with Gasteiger partial charge in [0.2, 0.25) is 0 Å². The molecule has 0 saturated carbocycles. The molecule has 0 fully saturated rings. The summed E-state index contributed by atoms with van der Waals surface area (Å²) in [6, 6.07) is 11.0. The molecule has 104 valence electrons. The van der Waals surface area contributed by atoms with Gasteiger partial charge < -0.3 is 10.1 Å². The van der Waals surface area contributed by atoms with E-state index in [4.69, 9.17) is 16.3 Å². The zero-order valence-electron chi connectivity index (χ0n) is 11.1. The third-order valence-electron chi connectivity index (χ3n) is 3.61. The van der Waals surface area contributed by atoms with E-state index in [2.05, 4.69) is 11.4 Å². The van der Waals surface area contributed by atoms with E-state index in [0.29, 0.717) is 0 Å². The zero-order chi connectivity index (χ0) is 14.1. The number of hydrogen-bond acceptors (Lipinski definition) is 2. The SMILES string of the molecule is CNC(c1ccc(Cl)c(F)c1)c1ccc2c(c1)CCO2. The van der Waals surface area contributed by atoms with Gasteiger partial charge in [-0.25, -0.2) is 4.39 Å². The van der Waals surface area contributed by atoms with Crippen molar-refractivity contribution in [1.29, 1.82) is 0 Å². The topological polar surface area (TPSA) is 21.3 Å². The van der Waals surface area contributed by atoms with E-state index in [0.717, 1.165) is 29.9 Å². The van der Waals surface area contributed by atoms with E-state index in [1.54, 1.807) is 6.07 Å². The Balaban J connectivity index is 1.98. The van der Waals surface area contributed by atoms with E-state index in [9.17, 15) is 4.39 Å². The summed E-state index contributed by atoms with van der Waals surface area (Å²) in [5.74, 6) is 0.555. The minimum absolute atomic E-state index is 0.0623. The lowest BCUT2D eigenvalue weighted by Crippen LogP contribution is -2.18. The number of halogens is 2. The van der Waals surface area contributed by atoms with Gasteiger partial charge in [0.15, 0.2) is 0 Å². The van der Waals surface area contributed by atoms with Gasteiger partial charge in [0, 0.05) is 6.42 Å². The van der Waals surface area contributed by atoms with Crippen molar-refractivity contribution in [1.82, 2.24) is 5.32 Å². The van der Waals surface area contributed by atoms with Crippen LogP contribution in [0.4, 0.5) is 4.39 Å². The van der Waals surface area contributed by atoms with Crippen molar-refractivity contribution in [3.05, 3.63) is 63.9 Å². The molecule has 0 aromatic heterocycles. The Morgan fingerprint density at radius 3 is 2.70 bits per heavy atom. The molecule has 0 amide bonds. The summed E-state index contributed by atoms with van der Waals surface area (Å²) in [5, 5.41) is 3.37. The van der Waals surface area contributed by atoms with Gasteiger partial charge >= 0.3 is 0 Å². The molecule has 2 nitrogen and oxygen atoms in total. The highest BCUT2D eigenvalue weighted by Crippen LogP contribution is 2.31. The number of hydrogen-bond donors (Lipinski definition) is 1. The second-order valence-electron chi connectivity index (χ2n) is 4.86. The Labute approximate surface area is 122 Å². The van der Waals surface area contributed by atoms with Gasteiger partial charge in [-0.05, 0) is 41.9 Å². The Hall–Kier alpha value is -1.58. The quantitative estimate of drug-likeness (QED) is 0.930. The van der Waals surface area contributed by atoms with Gasteiger partial charge in [0.05, 0.1) is 17.7 Å². The van der Waals surface area contributed by atoms with E-state index >= 15 is 0 Å². The highest BCUT2D eigenvalue weighted by molar-refractivity contribution is 6.30. The molecule has 0 spiro atoms. The maximum Gasteiger partial charge on any atom is 0.142 e. The highest BCUT2D eigenvalue weighted by atomic mass is 35.5. The zero-order valence-corrected chi connectivity index (χ0v) is 11.9. The molecule has 2 aromatic carbocycles. The van der Waals surface area contributed by atoms with Crippen LogP contribution in [-0.4, -0.2) is 13.7 Å². The molecule has 1 aliphatic rings. The summed E-state index contributed by atoms with van der Waals surface area (Å²) in [6.07, 6.45) is 0.925. The third-order valence-corrected chi connectivity index (χ3v) is 3.92. The smallest absolute Gasteiger partial charge is 0.142 e. The summed E-state index contributed by atoms with van der Waals surface area (Å²) in [7, 11) is 1.86. The van der Waals surface area contributed by atoms with Crippen LogP contribution in [0, 0.1) is 5.82 Å². The molecule has 0 bridgehead atoms. The Morgan fingerprint density at radius 1 is 1.20 bits per heavy atom. The second kappa shape index (κ2) is 5.43. The largest absolute Gasteiger partial charge is 0.493 e. The predicted molar refractivity (Wildman–Crippen MR) is 78.0 cm³/mol. The molecule has 0 saturated heterocycles. The normalized spacial score (nSPS) is 14.8. The van der Waals surface area contributed by atoms with Crippen LogP contribution in [0.2, 0.25) is 5.02 Å². The first kappa shape index (κ1) is 13.4. The lowest BCUT2D eigenvalue weighted by Gasteiger charge is -2.18. The van der Waals surface area contributed by atoms with Crippen molar-refractivity contribution in [3.63, 3.8) is 0 Å². The Kier molecular flexibility index (Phi) is 3.64. The molecule has 1 unspecified atom stereocenters. The first-order valence-corrected chi connectivity index (χ1v) is 6.94. The van der Waals surface area contributed by atoms with E-state index in [1.807, 2.05) is 25.2 Å². The Morgan fingerprint density at radius 2 is 1.95 bits per heavy atom. The number of fused-ring (bicyclic) bond motifs is 1. The van der Waals surface area contributed by atoms with Crippen LogP contribution in [0.15, 0.2) is 36.4 Å². The van der Waals surface area contributed by atoms with Crippen LogP contribution in [0.1, 0.15) is 22.7 Å². The van der Waals surface area contributed by atoms with Gasteiger partial charge in [0.1, 0.15) is 11.6 Å². The van der Waals surface area contributed by atoms with Gasteiger partial charge in [-0.1, -0.05) is 29.8 Å². The van der Waals surface area contributed by atoms with Crippen LogP contribution in [0.3, 0.4) is 0 Å². The molecular formula is C16H15ClFNO. The molecule has 20 heavy (non-hydrogen) atoms. The molecule has 4 heteroatoms. The average molecular weight is 292 g/mol. The molecule has 0 aliphatic carbocycles. The molecule has 1 N–H and O–H groups in total. The summed E-state index contributed by atoms with van der Waals surface area (Å²) in [5.41, 5.74) is 3.16. The van der Waals surface area contributed by atoms with Crippen LogP contribution in [0.25, 0.3) is 0 Å². The standard InChI is InChI=1S/C16H15ClFNO/c1-19-16(12-2-4-13(17)14(18)9-12)11-3-5-15-10(8-11)6-7-20-15/h2-5,8-9,16,19H,6-7H2,1H3. The molecule has 2 aromatic rings. The van der Waals surface area contributed by atoms with E-state index in [1.165, 1.54) is 11.6 Å². The van der Waals surface area contributed by atoms with Crippen LogP contribution >= 0.6 is 11.6 Å². The van der Waals surface area contributed by atoms with E-state index < -0.39 is 5.82 Å². The summed E-state index contributed by atoms with van der Waals surface area (Å²) < 4.78 is 19.1. The van der Waals surface area contributed by atoms with E-state index in [-0.39, 0.29) is 11.1 Å². The number of ether oxygens (including phenoxy) is 1. The van der Waals surface area contributed by atoms with Crippen LogP contribution in [0.5, 0.6) is 5.75 Å². The van der Waals surface area contributed by atoms with Crippen molar-refractivity contribution >= 4 is 11.6 Å². The highest BCUT2D eigenvalue weighted by Gasteiger charge is 2.18. The molecule has 1 aliphatic heterocycles. The summed E-state index contributed by atoms with van der Waals surface area (Å²) >= 11 is 5.74. The molecule has 1 atom stereocenters. The number of nitrogens with one attached hydrogen (secondary N) is 1. The van der Waals surface area contributed by atoms with Crippen molar-refractivity contribution < 1.29 is 9.13 Å². The average Bonchev–Trinajstić information content (AvgIpc) is 2.91. The molecule has 0 radical (unpaired) electrons. The fraction of sp³-hybridized carbons (Fsp3) is 0.250. The summed E-state index contributed by atoms with van der Waals surface area (Å²) in [6.45, 7) is 0.735. The third kappa shape index (κ3) is 2.39. The first-order chi connectivity index (χ1) is 9.69. The van der Waals surface area contributed by atoms with Crippen LogP contribution < -0.4 is 10.1 Å². The number of rotatable bonds is 3.